The van der Waals surface area contributed by atoms with Crippen LogP contribution in [0.3, 0.4) is 0 Å². The standard InChI is InChI=1S/C12H24N2O5/c1-4-19-7-10(8(2)3)14-12(18)13-9(5-6-15)11(16)17/h8-10,15H,4-7H2,1-3H3,(H,16,17)(H2,13,14,18). The summed E-state index contributed by atoms with van der Waals surface area (Å²) in [6.07, 6.45) is -0.0272. The van der Waals surface area contributed by atoms with E-state index in [1.54, 1.807) is 0 Å². The molecule has 0 saturated heterocycles. The highest BCUT2D eigenvalue weighted by Crippen LogP contribution is 2.02. The smallest absolute Gasteiger partial charge is 0.326 e. The summed E-state index contributed by atoms with van der Waals surface area (Å²) in [5, 5.41) is 22.6. The molecule has 0 saturated carbocycles. The molecule has 0 aliphatic heterocycles. The molecule has 7 nitrogen and oxygen atoms in total. The van der Waals surface area contributed by atoms with Crippen LogP contribution in [-0.2, 0) is 9.53 Å². The van der Waals surface area contributed by atoms with E-state index in [1.807, 2.05) is 20.8 Å². The molecule has 0 bridgehead atoms. The van der Waals surface area contributed by atoms with Crippen LogP contribution in [0.4, 0.5) is 4.79 Å². The number of carbonyl (C=O) groups is 2. The van der Waals surface area contributed by atoms with E-state index >= 15 is 0 Å². The molecule has 0 aromatic rings. The first kappa shape index (κ1) is 17.7. The molecule has 0 aliphatic carbocycles. The van der Waals surface area contributed by atoms with Crippen LogP contribution in [0.5, 0.6) is 0 Å². The van der Waals surface area contributed by atoms with Crippen LogP contribution in [0.15, 0.2) is 0 Å². The number of amides is 2. The summed E-state index contributed by atoms with van der Waals surface area (Å²) in [6.45, 7) is 6.36. The SMILES string of the molecule is CCOCC(NC(=O)NC(CCO)C(=O)O)C(C)C. The lowest BCUT2D eigenvalue weighted by Gasteiger charge is -2.23. The number of aliphatic carboxylic acids is 1. The van der Waals surface area contributed by atoms with Crippen molar-refractivity contribution >= 4 is 12.0 Å². The Kier molecular flexibility index (Phi) is 8.90. The van der Waals surface area contributed by atoms with E-state index in [4.69, 9.17) is 14.9 Å². The third kappa shape index (κ3) is 7.63. The topological polar surface area (TPSA) is 108 Å². The molecular weight excluding hydrogens is 252 g/mol. The molecule has 4 N–H and O–H groups in total. The van der Waals surface area contributed by atoms with E-state index < -0.39 is 18.0 Å². The third-order valence-electron chi connectivity index (χ3n) is 2.64. The Bertz CT molecular complexity index is 283. The molecule has 112 valence electrons. The lowest BCUT2D eigenvalue weighted by molar-refractivity contribution is -0.139. The quantitative estimate of drug-likeness (QED) is 0.480. The molecule has 0 radical (unpaired) electrons. The van der Waals surface area contributed by atoms with E-state index in [9.17, 15) is 9.59 Å². The Hall–Kier alpha value is -1.34. The molecule has 0 rings (SSSR count). The number of hydrogen-bond donors (Lipinski definition) is 4. The summed E-state index contributed by atoms with van der Waals surface area (Å²) in [5.41, 5.74) is 0. The molecule has 2 amide bonds. The van der Waals surface area contributed by atoms with Gasteiger partial charge in [-0.3, -0.25) is 0 Å². The van der Waals surface area contributed by atoms with E-state index in [1.165, 1.54) is 0 Å². The Morgan fingerprint density at radius 1 is 1.26 bits per heavy atom. The Morgan fingerprint density at radius 2 is 1.89 bits per heavy atom. The zero-order valence-corrected chi connectivity index (χ0v) is 11.7. The van der Waals surface area contributed by atoms with Crippen LogP contribution in [0.2, 0.25) is 0 Å². The highest BCUT2D eigenvalue weighted by Gasteiger charge is 2.22. The maximum Gasteiger partial charge on any atom is 0.326 e. The number of urea groups is 1. The van der Waals surface area contributed by atoms with Crippen LogP contribution in [0.25, 0.3) is 0 Å². The minimum Gasteiger partial charge on any atom is -0.480 e. The average Bonchev–Trinajstić information content (AvgIpc) is 2.33. The number of carbonyl (C=O) groups excluding carboxylic acids is 1. The molecule has 0 aliphatic rings. The second-order valence-corrected chi connectivity index (χ2v) is 4.53. The molecule has 0 spiro atoms. The van der Waals surface area contributed by atoms with Crippen LogP contribution < -0.4 is 10.6 Å². The molecular formula is C12H24N2O5. The minimum absolute atomic E-state index is 0.0272. The number of rotatable bonds is 9. The van der Waals surface area contributed by atoms with Crippen molar-refractivity contribution in [3.63, 3.8) is 0 Å². The summed E-state index contributed by atoms with van der Waals surface area (Å²) >= 11 is 0. The first-order valence-electron chi connectivity index (χ1n) is 6.40. The van der Waals surface area contributed by atoms with E-state index in [-0.39, 0.29) is 25.0 Å². The summed E-state index contributed by atoms with van der Waals surface area (Å²) in [6, 6.07) is -1.85. The van der Waals surface area contributed by atoms with Crippen molar-refractivity contribution in [1.29, 1.82) is 0 Å². The van der Waals surface area contributed by atoms with E-state index in [2.05, 4.69) is 10.6 Å². The van der Waals surface area contributed by atoms with Crippen molar-refractivity contribution in [3.05, 3.63) is 0 Å². The van der Waals surface area contributed by atoms with Crippen molar-refractivity contribution in [2.75, 3.05) is 19.8 Å². The van der Waals surface area contributed by atoms with Gasteiger partial charge in [0.15, 0.2) is 0 Å². The lowest BCUT2D eigenvalue weighted by Crippen LogP contribution is -2.51. The fourth-order valence-electron chi connectivity index (χ4n) is 1.40. The first-order valence-corrected chi connectivity index (χ1v) is 6.40. The average molecular weight is 276 g/mol. The molecule has 0 heterocycles. The number of nitrogens with one attached hydrogen (secondary N) is 2. The maximum atomic E-state index is 11.7. The van der Waals surface area contributed by atoms with Gasteiger partial charge in [0.25, 0.3) is 0 Å². The molecule has 0 aromatic carbocycles. The molecule has 2 unspecified atom stereocenters. The Labute approximate surface area is 113 Å². The number of carboxylic acids is 1. The van der Waals surface area contributed by atoms with E-state index in [0.29, 0.717) is 13.2 Å². The van der Waals surface area contributed by atoms with Crippen molar-refractivity contribution in [1.82, 2.24) is 10.6 Å². The second-order valence-electron chi connectivity index (χ2n) is 4.53. The Morgan fingerprint density at radius 3 is 2.32 bits per heavy atom. The van der Waals surface area contributed by atoms with Gasteiger partial charge in [0.2, 0.25) is 0 Å². The highest BCUT2D eigenvalue weighted by atomic mass is 16.5. The summed E-state index contributed by atoms with van der Waals surface area (Å²) in [4.78, 5) is 22.5. The largest absolute Gasteiger partial charge is 0.480 e. The lowest BCUT2D eigenvalue weighted by atomic mass is 10.1. The molecule has 0 aromatic heterocycles. The first-order chi connectivity index (χ1) is 8.92. The zero-order chi connectivity index (χ0) is 14.8. The highest BCUT2D eigenvalue weighted by molar-refractivity contribution is 5.82. The van der Waals surface area contributed by atoms with Gasteiger partial charge < -0.3 is 25.6 Å². The minimum atomic E-state index is -1.17. The molecule has 2 atom stereocenters. The summed E-state index contributed by atoms with van der Waals surface area (Å²) in [5.74, 6) is -1.01. The summed E-state index contributed by atoms with van der Waals surface area (Å²) < 4.78 is 5.26. The van der Waals surface area contributed by atoms with Crippen molar-refractivity contribution in [2.45, 2.75) is 39.3 Å². The fraction of sp³-hybridized carbons (Fsp3) is 0.833. The van der Waals surface area contributed by atoms with Gasteiger partial charge in [-0.1, -0.05) is 13.8 Å². The number of hydrogen-bond acceptors (Lipinski definition) is 4. The number of aliphatic hydroxyl groups is 1. The van der Waals surface area contributed by atoms with Gasteiger partial charge in [0, 0.05) is 19.6 Å². The molecule has 19 heavy (non-hydrogen) atoms. The van der Waals surface area contributed by atoms with Gasteiger partial charge in [-0.05, 0) is 12.8 Å². The maximum absolute atomic E-state index is 11.7. The van der Waals surface area contributed by atoms with Gasteiger partial charge in [-0.15, -0.1) is 0 Å². The van der Waals surface area contributed by atoms with Crippen molar-refractivity contribution < 1.29 is 24.5 Å². The monoisotopic (exact) mass is 276 g/mol. The zero-order valence-electron chi connectivity index (χ0n) is 11.7. The molecule has 0 fully saturated rings. The predicted octanol–water partition coefficient (Wildman–Crippen LogP) is 0.182. The van der Waals surface area contributed by atoms with Gasteiger partial charge >= 0.3 is 12.0 Å². The summed E-state index contributed by atoms with van der Waals surface area (Å²) in [7, 11) is 0. The van der Waals surface area contributed by atoms with Crippen molar-refractivity contribution in [3.8, 4) is 0 Å². The van der Waals surface area contributed by atoms with Gasteiger partial charge in [0.1, 0.15) is 6.04 Å². The third-order valence-corrected chi connectivity index (χ3v) is 2.64. The second kappa shape index (κ2) is 9.57. The van der Waals surface area contributed by atoms with E-state index in [0.717, 1.165) is 0 Å². The van der Waals surface area contributed by atoms with Crippen LogP contribution >= 0.6 is 0 Å². The number of ether oxygens (including phenoxy) is 1. The van der Waals surface area contributed by atoms with Gasteiger partial charge in [-0.25, -0.2) is 9.59 Å². The van der Waals surface area contributed by atoms with Crippen LogP contribution in [0, 0.1) is 5.92 Å². The van der Waals surface area contributed by atoms with Gasteiger partial charge in [-0.2, -0.15) is 0 Å². The van der Waals surface area contributed by atoms with Crippen LogP contribution in [-0.4, -0.2) is 54.1 Å². The van der Waals surface area contributed by atoms with Crippen molar-refractivity contribution in [2.24, 2.45) is 5.92 Å². The fourth-order valence-corrected chi connectivity index (χ4v) is 1.40. The van der Waals surface area contributed by atoms with Gasteiger partial charge in [0.05, 0.1) is 12.6 Å². The molecule has 7 heteroatoms. The number of carboxylic acid groups (broad SMARTS) is 1. The van der Waals surface area contributed by atoms with Crippen LogP contribution in [0.1, 0.15) is 27.2 Å². The Balaban J connectivity index is 4.34. The normalized spacial score (nSPS) is 13.9. The predicted molar refractivity (Wildman–Crippen MR) is 69.9 cm³/mol. The number of aliphatic hydroxyl groups excluding tert-OH is 1.